The fourth-order valence-electron chi connectivity index (χ4n) is 8.53. The maximum absolute atomic E-state index is 12.9. The Labute approximate surface area is 417 Å². The molecule has 9 heteroatoms. The van der Waals surface area contributed by atoms with E-state index in [1.807, 2.05) is 27.2 Å². The number of likely N-dealkylation sites (N-methyl/N-ethyl adjacent to an activating group) is 1. The summed E-state index contributed by atoms with van der Waals surface area (Å²) in [5.41, 5.74) is 0. The number of nitrogens with zero attached hydrogens (tertiary/aromatic N) is 1. The molecule has 1 amide bonds. The first kappa shape index (κ1) is 65.7. The topological polar surface area (TPSA) is 105 Å². The van der Waals surface area contributed by atoms with Gasteiger partial charge in [-0.1, -0.05) is 249 Å². The third kappa shape index (κ3) is 52.4. The average molecular weight is 967 g/mol. The van der Waals surface area contributed by atoms with Crippen molar-refractivity contribution in [1.82, 2.24) is 5.32 Å². The maximum atomic E-state index is 12.9. The number of phosphoric acid groups is 1. The lowest BCUT2D eigenvalue weighted by molar-refractivity contribution is -0.870. The number of phosphoric ester groups is 1. The molecule has 0 spiro atoms. The van der Waals surface area contributed by atoms with Crippen LogP contribution in [-0.2, 0) is 18.4 Å². The second-order valence-electron chi connectivity index (χ2n) is 21.0. The molecule has 396 valence electrons. The second kappa shape index (κ2) is 49.7. The highest BCUT2D eigenvalue weighted by Crippen LogP contribution is 2.43. The van der Waals surface area contributed by atoms with Gasteiger partial charge in [0, 0.05) is 6.42 Å². The Bertz CT molecular complexity index is 1190. The van der Waals surface area contributed by atoms with Crippen molar-refractivity contribution in [3.8, 4) is 0 Å². The van der Waals surface area contributed by atoms with E-state index in [1.54, 1.807) is 6.08 Å². The molecule has 0 bridgehead atoms. The Morgan fingerprint density at radius 1 is 0.493 bits per heavy atom. The molecule has 8 nitrogen and oxygen atoms in total. The van der Waals surface area contributed by atoms with E-state index in [1.165, 1.54) is 218 Å². The van der Waals surface area contributed by atoms with E-state index in [0.29, 0.717) is 17.4 Å². The summed E-state index contributed by atoms with van der Waals surface area (Å²) >= 11 is 0. The number of amides is 1. The molecule has 0 aliphatic carbocycles. The number of unbranched alkanes of at least 4 members (excludes halogenated alkanes) is 36. The molecule has 0 fully saturated rings. The normalized spacial score (nSPS) is 14.2. The van der Waals surface area contributed by atoms with Gasteiger partial charge in [-0.05, 0) is 57.8 Å². The highest BCUT2D eigenvalue weighted by Gasteiger charge is 2.27. The molecule has 0 saturated carbocycles. The van der Waals surface area contributed by atoms with Crippen LogP contribution in [0.4, 0.5) is 0 Å². The Kier molecular flexibility index (Phi) is 48.7. The smallest absolute Gasteiger partial charge is 0.387 e. The molecule has 0 rings (SSSR count). The molecule has 0 aromatic rings. The molecular weight excluding hydrogens is 852 g/mol. The molecule has 3 atom stereocenters. The second-order valence-corrected chi connectivity index (χ2v) is 22.5. The summed E-state index contributed by atoms with van der Waals surface area (Å²) in [6, 6.07) is -0.860. The first-order valence-corrected chi connectivity index (χ1v) is 30.4. The number of rotatable bonds is 53. The van der Waals surface area contributed by atoms with Crippen molar-refractivity contribution in [2.45, 2.75) is 289 Å². The molecule has 0 aliphatic heterocycles. The van der Waals surface area contributed by atoms with Crippen LogP contribution in [0.25, 0.3) is 0 Å². The molecule has 67 heavy (non-hydrogen) atoms. The van der Waals surface area contributed by atoms with Gasteiger partial charge in [0.15, 0.2) is 0 Å². The summed E-state index contributed by atoms with van der Waals surface area (Å²) in [5.74, 6) is -0.184. The van der Waals surface area contributed by atoms with E-state index in [-0.39, 0.29) is 19.1 Å². The van der Waals surface area contributed by atoms with Gasteiger partial charge in [-0.2, -0.15) is 0 Å². The van der Waals surface area contributed by atoms with E-state index in [2.05, 4.69) is 43.5 Å². The number of nitrogens with one attached hydrogen (secondary N) is 1. The van der Waals surface area contributed by atoms with Gasteiger partial charge in [0.1, 0.15) is 13.2 Å². The third-order valence-corrected chi connectivity index (χ3v) is 14.1. The van der Waals surface area contributed by atoms with Gasteiger partial charge in [-0.25, -0.2) is 4.57 Å². The fourth-order valence-corrected chi connectivity index (χ4v) is 9.26. The Hall–Kier alpha value is -1.28. The van der Waals surface area contributed by atoms with Crippen molar-refractivity contribution < 1.29 is 32.9 Å². The fraction of sp³-hybridized carbons (Fsp3) is 0.879. The van der Waals surface area contributed by atoms with E-state index < -0.39 is 20.0 Å². The molecule has 0 radical (unpaired) electrons. The van der Waals surface area contributed by atoms with Crippen LogP contribution in [0.2, 0.25) is 0 Å². The van der Waals surface area contributed by atoms with Crippen molar-refractivity contribution in [2.24, 2.45) is 0 Å². The predicted octanol–water partition coefficient (Wildman–Crippen LogP) is 17.4. The summed E-state index contributed by atoms with van der Waals surface area (Å²) < 4.78 is 23.6. The lowest BCUT2D eigenvalue weighted by Gasteiger charge is -2.25. The van der Waals surface area contributed by atoms with Crippen molar-refractivity contribution >= 4 is 13.7 Å². The predicted molar refractivity (Wildman–Crippen MR) is 291 cm³/mol. The van der Waals surface area contributed by atoms with Crippen LogP contribution >= 0.6 is 7.82 Å². The molecule has 0 saturated heterocycles. The van der Waals surface area contributed by atoms with Gasteiger partial charge in [0.2, 0.25) is 5.91 Å². The van der Waals surface area contributed by atoms with Gasteiger partial charge >= 0.3 is 7.82 Å². The molecular formula is C58H114N2O6P+. The quantitative estimate of drug-likeness (QED) is 0.0243. The minimum Gasteiger partial charge on any atom is -0.387 e. The first-order valence-electron chi connectivity index (χ1n) is 28.9. The van der Waals surface area contributed by atoms with Crippen molar-refractivity contribution in [3.63, 3.8) is 0 Å². The summed E-state index contributed by atoms with van der Waals surface area (Å²) in [6.45, 7) is 4.80. The summed E-state index contributed by atoms with van der Waals surface area (Å²) in [4.78, 5) is 23.2. The van der Waals surface area contributed by atoms with E-state index >= 15 is 0 Å². The Morgan fingerprint density at radius 3 is 1.19 bits per heavy atom. The van der Waals surface area contributed by atoms with Crippen molar-refractivity contribution in [2.75, 3.05) is 40.9 Å². The van der Waals surface area contributed by atoms with E-state index in [4.69, 9.17) is 9.05 Å². The number of aliphatic hydroxyl groups is 1. The van der Waals surface area contributed by atoms with Crippen LogP contribution in [0.1, 0.15) is 277 Å². The van der Waals surface area contributed by atoms with Crippen LogP contribution in [0.3, 0.4) is 0 Å². The zero-order chi connectivity index (χ0) is 49.2. The van der Waals surface area contributed by atoms with Crippen LogP contribution in [-0.4, -0.2) is 73.4 Å². The molecule has 3 N–H and O–H groups in total. The van der Waals surface area contributed by atoms with Gasteiger partial charge in [-0.3, -0.25) is 13.8 Å². The van der Waals surface area contributed by atoms with Crippen LogP contribution in [0.5, 0.6) is 0 Å². The number of hydrogen-bond donors (Lipinski definition) is 3. The number of carbonyl (C=O) groups is 1. The minimum absolute atomic E-state index is 0.0572. The number of aliphatic hydroxyl groups excluding tert-OH is 1. The number of carbonyl (C=O) groups excluding carboxylic acids is 1. The number of allylic oxidation sites excluding steroid dienone is 5. The average Bonchev–Trinajstić information content (AvgIpc) is 3.29. The molecule has 0 heterocycles. The highest BCUT2D eigenvalue weighted by molar-refractivity contribution is 7.47. The Morgan fingerprint density at radius 2 is 0.821 bits per heavy atom. The molecule has 0 aromatic carbocycles. The lowest BCUT2D eigenvalue weighted by atomic mass is 10.0. The minimum atomic E-state index is -4.35. The number of quaternary nitrogens is 1. The van der Waals surface area contributed by atoms with E-state index in [0.717, 1.165) is 38.5 Å². The molecule has 3 unspecified atom stereocenters. The summed E-state index contributed by atoms with van der Waals surface area (Å²) in [5, 5.41) is 13.8. The van der Waals surface area contributed by atoms with E-state index in [9.17, 15) is 19.4 Å². The maximum Gasteiger partial charge on any atom is 0.472 e. The van der Waals surface area contributed by atoms with Gasteiger partial charge in [0.25, 0.3) is 0 Å². The van der Waals surface area contributed by atoms with Crippen molar-refractivity contribution in [1.29, 1.82) is 0 Å². The highest BCUT2D eigenvalue weighted by atomic mass is 31.2. The molecule has 0 aromatic heterocycles. The first-order chi connectivity index (χ1) is 32.5. The van der Waals surface area contributed by atoms with Crippen molar-refractivity contribution in [3.05, 3.63) is 36.5 Å². The van der Waals surface area contributed by atoms with Gasteiger partial charge in [0.05, 0.1) is 39.9 Å². The Balaban J connectivity index is 3.98. The van der Waals surface area contributed by atoms with Gasteiger partial charge < -0.3 is 19.8 Å². The standard InChI is InChI=1S/C58H113N2O6P/c1-6-8-10-12-14-16-18-20-21-22-23-24-25-26-27-28-29-30-31-32-33-34-35-36-37-38-39-40-42-44-46-48-50-52-58(62)59-56(55-66-67(63,64)65-54-53-60(3,4)5)57(61)51-49-47-45-43-41-19-17-15-13-11-9-7-2/h26-27,41,43,49,51,56-57,61H,6-25,28-40,42,44-48,50,52-55H2,1-5H3,(H-,59,62,63,64)/p+1/b27-26-,43-41+,51-49+. The summed E-state index contributed by atoms with van der Waals surface area (Å²) in [7, 11) is 1.56. The number of hydrogen-bond acceptors (Lipinski definition) is 5. The van der Waals surface area contributed by atoms with Crippen LogP contribution < -0.4 is 5.32 Å². The largest absolute Gasteiger partial charge is 0.472 e. The lowest BCUT2D eigenvalue weighted by Crippen LogP contribution is -2.45. The zero-order valence-corrected chi connectivity index (χ0v) is 46.0. The van der Waals surface area contributed by atoms with Crippen LogP contribution in [0, 0.1) is 0 Å². The zero-order valence-electron chi connectivity index (χ0n) is 45.2. The van der Waals surface area contributed by atoms with Crippen LogP contribution in [0.15, 0.2) is 36.5 Å². The third-order valence-electron chi connectivity index (χ3n) is 13.1. The van der Waals surface area contributed by atoms with Gasteiger partial charge in [-0.15, -0.1) is 0 Å². The molecule has 0 aliphatic rings. The SMILES string of the molecule is CCCCCCCC/C=C/CC/C=C/C(O)C(COP(=O)(O)OCC[N+](C)(C)C)NC(=O)CCCCCCCCCCCCCCCCCCC/C=C\CCCCCCCCCCCCCC. The summed E-state index contributed by atoms with van der Waals surface area (Å²) in [6.07, 6.45) is 64.2. The monoisotopic (exact) mass is 966 g/mol.